The van der Waals surface area contributed by atoms with Gasteiger partial charge in [0.15, 0.2) is 0 Å². The molecule has 94 valence electrons. The summed E-state index contributed by atoms with van der Waals surface area (Å²) in [6, 6.07) is 6.17. The van der Waals surface area contributed by atoms with E-state index >= 15 is 0 Å². The maximum atomic E-state index is 6.14. The highest BCUT2D eigenvalue weighted by atomic mass is 35.5. The van der Waals surface area contributed by atoms with Crippen LogP contribution in [0.2, 0.25) is 5.02 Å². The van der Waals surface area contributed by atoms with Crippen LogP contribution in [0.25, 0.3) is 0 Å². The van der Waals surface area contributed by atoms with Crippen LogP contribution in [0.5, 0.6) is 5.75 Å². The Morgan fingerprint density at radius 1 is 1.41 bits per heavy atom. The van der Waals surface area contributed by atoms with Crippen LogP contribution in [-0.4, -0.2) is 19.3 Å². The predicted octanol–water partition coefficient (Wildman–Crippen LogP) is 1.60. The highest BCUT2D eigenvalue weighted by Crippen LogP contribution is 2.32. The highest BCUT2D eigenvalue weighted by molar-refractivity contribution is 6.32. The molecule has 1 aliphatic heterocycles. The van der Waals surface area contributed by atoms with Crippen molar-refractivity contribution in [3.05, 3.63) is 28.8 Å². The van der Waals surface area contributed by atoms with Gasteiger partial charge in [-0.2, -0.15) is 0 Å². The number of halogens is 1. The maximum Gasteiger partial charge on any atom is 0.137 e. The number of nitrogens with two attached hydrogens (primary N) is 1. The normalized spacial score (nSPS) is 28.4. The number of hydrazine groups is 1. The number of nitrogens with one attached hydrogen (secondary N) is 2. The van der Waals surface area contributed by atoms with E-state index < -0.39 is 0 Å². The fraction of sp³-hybridized carbons (Fsp3) is 0.500. The van der Waals surface area contributed by atoms with Crippen molar-refractivity contribution < 1.29 is 4.74 Å². The van der Waals surface area contributed by atoms with E-state index in [0.29, 0.717) is 16.8 Å². The van der Waals surface area contributed by atoms with Crippen molar-refractivity contribution in [3.63, 3.8) is 0 Å². The third-order valence-electron chi connectivity index (χ3n) is 3.26. The van der Waals surface area contributed by atoms with Crippen molar-refractivity contribution >= 4 is 11.6 Å². The summed E-state index contributed by atoms with van der Waals surface area (Å²) in [6.45, 7) is 2.13. The monoisotopic (exact) mass is 255 g/mol. The summed E-state index contributed by atoms with van der Waals surface area (Å²) in [4.78, 5) is 0. The van der Waals surface area contributed by atoms with E-state index in [4.69, 9.17) is 22.1 Å². The van der Waals surface area contributed by atoms with E-state index in [-0.39, 0.29) is 12.1 Å². The third-order valence-corrected chi connectivity index (χ3v) is 3.55. The molecule has 0 radical (unpaired) electrons. The molecule has 1 saturated heterocycles. The van der Waals surface area contributed by atoms with Gasteiger partial charge in [0.2, 0.25) is 0 Å². The summed E-state index contributed by atoms with van der Waals surface area (Å²) < 4.78 is 5.15. The second kappa shape index (κ2) is 5.23. The number of methoxy groups -OCH3 is 1. The zero-order valence-electron chi connectivity index (χ0n) is 10.0. The topological polar surface area (TPSA) is 59.3 Å². The minimum Gasteiger partial charge on any atom is -0.495 e. The molecule has 3 atom stereocenters. The van der Waals surface area contributed by atoms with Crippen LogP contribution in [0.3, 0.4) is 0 Å². The average molecular weight is 256 g/mol. The summed E-state index contributed by atoms with van der Waals surface area (Å²) in [5, 5.41) is 0.624. The van der Waals surface area contributed by atoms with Crippen LogP contribution >= 0.6 is 11.6 Å². The zero-order chi connectivity index (χ0) is 12.4. The first kappa shape index (κ1) is 12.6. The number of hydrogen-bond acceptors (Lipinski definition) is 4. The molecule has 1 heterocycles. The standard InChI is InChI=1S/C12H18ClN3O/c1-3-9-11(12(14)16-15-9)7-4-5-10(17-2)8(13)6-7/h4-6,9,11-12,15-16H,3,14H2,1-2H3. The number of ether oxygens (including phenoxy) is 1. The molecule has 1 aromatic carbocycles. The number of benzene rings is 1. The van der Waals surface area contributed by atoms with E-state index in [1.807, 2.05) is 18.2 Å². The Labute approximate surface area is 106 Å². The SMILES string of the molecule is CCC1NNC(N)C1c1ccc(OC)c(Cl)c1. The fourth-order valence-corrected chi connectivity index (χ4v) is 2.58. The molecule has 1 fully saturated rings. The summed E-state index contributed by atoms with van der Waals surface area (Å²) in [5.41, 5.74) is 13.5. The minimum absolute atomic E-state index is 0.0931. The van der Waals surface area contributed by atoms with Crippen LogP contribution in [0.15, 0.2) is 18.2 Å². The molecule has 3 unspecified atom stereocenters. The van der Waals surface area contributed by atoms with Gasteiger partial charge in [-0.15, -0.1) is 0 Å². The van der Waals surface area contributed by atoms with Gasteiger partial charge in [-0.25, -0.2) is 5.43 Å². The van der Waals surface area contributed by atoms with Gasteiger partial charge < -0.3 is 10.5 Å². The van der Waals surface area contributed by atoms with E-state index in [0.717, 1.165) is 12.0 Å². The fourth-order valence-electron chi connectivity index (χ4n) is 2.32. The number of rotatable bonds is 3. The van der Waals surface area contributed by atoms with Gasteiger partial charge in [0.05, 0.1) is 18.3 Å². The van der Waals surface area contributed by atoms with E-state index in [1.54, 1.807) is 7.11 Å². The van der Waals surface area contributed by atoms with Gasteiger partial charge in [0.25, 0.3) is 0 Å². The largest absolute Gasteiger partial charge is 0.495 e. The van der Waals surface area contributed by atoms with Crippen LogP contribution in [-0.2, 0) is 0 Å². The average Bonchev–Trinajstić information content (AvgIpc) is 2.70. The molecule has 2 rings (SSSR count). The molecule has 4 nitrogen and oxygen atoms in total. The lowest BCUT2D eigenvalue weighted by Crippen LogP contribution is -2.38. The van der Waals surface area contributed by atoms with Crippen molar-refractivity contribution in [1.82, 2.24) is 10.9 Å². The Bertz CT molecular complexity index is 399. The van der Waals surface area contributed by atoms with E-state index in [1.165, 1.54) is 0 Å². The Morgan fingerprint density at radius 3 is 2.76 bits per heavy atom. The van der Waals surface area contributed by atoms with Crippen LogP contribution in [0, 0.1) is 0 Å². The van der Waals surface area contributed by atoms with Gasteiger partial charge in [0, 0.05) is 12.0 Å². The minimum atomic E-state index is -0.0931. The Kier molecular flexibility index (Phi) is 3.89. The van der Waals surface area contributed by atoms with Gasteiger partial charge in [-0.3, -0.25) is 5.43 Å². The summed E-state index contributed by atoms with van der Waals surface area (Å²) in [5.74, 6) is 0.916. The van der Waals surface area contributed by atoms with Crippen LogP contribution in [0.4, 0.5) is 0 Å². The molecule has 1 aliphatic rings. The molecule has 0 saturated carbocycles. The van der Waals surface area contributed by atoms with Gasteiger partial charge in [0.1, 0.15) is 5.75 Å². The zero-order valence-corrected chi connectivity index (χ0v) is 10.8. The molecule has 0 spiro atoms. The smallest absolute Gasteiger partial charge is 0.137 e. The van der Waals surface area contributed by atoms with E-state index in [2.05, 4.69) is 17.8 Å². The van der Waals surface area contributed by atoms with Crippen molar-refractivity contribution in [2.45, 2.75) is 31.5 Å². The van der Waals surface area contributed by atoms with Crippen molar-refractivity contribution in [1.29, 1.82) is 0 Å². The summed E-state index contributed by atoms with van der Waals surface area (Å²) >= 11 is 6.14. The molecule has 0 bridgehead atoms. The molecular weight excluding hydrogens is 238 g/mol. The van der Waals surface area contributed by atoms with Crippen LogP contribution < -0.4 is 21.3 Å². The second-order valence-electron chi connectivity index (χ2n) is 4.25. The first-order chi connectivity index (χ1) is 8.17. The summed E-state index contributed by atoms with van der Waals surface area (Å²) in [6.07, 6.45) is 0.916. The van der Waals surface area contributed by atoms with Gasteiger partial charge in [-0.1, -0.05) is 24.6 Å². The quantitative estimate of drug-likeness (QED) is 0.768. The second-order valence-corrected chi connectivity index (χ2v) is 4.66. The molecule has 17 heavy (non-hydrogen) atoms. The molecule has 0 aliphatic carbocycles. The predicted molar refractivity (Wildman–Crippen MR) is 69.1 cm³/mol. The molecular formula is C12H18ClN3O. The van der Waals surface area contributed by atoms with Crippen molar-refractivity contribution in [3.8, 4) is 5.75 Å². The molecule has 4 N–H and O–H groups in total. The van der Waals surface area contributed by atoms with Gasteiger partial charge >= 0.3 is 0 Å². The molecule has 0 aromatic heterocycles. The van der Waals surface area contributed by atoms with Gasteiger partial charge in [-0.05, 0) is 24.1 Å². The lowest BCUT2D eigenvalue weighted by molar-refractivity contribution is 0.414. The Hall–Kier alpha value is -0.810. The highest BCUT2D eigenvalue weighted by Gasteiger charge is 2.33. The van der Waals surface area contributed by atoms with Crippen molar-refractivity contribution in [2.75, 3.05) is 7.11 Å². The first-order valence-electron chi connectivity index (χ1n) is 5.77. The first-order valence-corrected chi connectivity index (χ1v) is 6.15. The van der Waals surface area contributed by atoms with Crippen LogP contribution in [0.1, 0.15) is 24.8 Å². The van der Waals surface area contributed by atoms with Crippen molar-refractivity contribution in [2.24, 2.45) is 5.73 Å². The Morgan fingerprint density at radius 2 is 2.18 bits per heavy atom. The lowest BCUT2D eigenvalue weighted by Gasteiger charge is -2.20. The Balaban J connectivity index is 2.29. The molecule has 1 aromatic rings. The molecule has 5 heteroatoms. The van der Waals surface area contributed by atoms with E-state index in [9.17, 15) is 0 Å². The summed E-state index contributed by atoms with van der Waals surface area (Å²) in [7, 11) is 1.61. The molecule has 0 amide bonds. The lowest BCUT2D eigenvalue weighted by atomic mass is 9.89. The third kappa shape index (κ3) is 2.40. The maximum absolute atomic E-state index is 6.14. The number of hydrogen-bond donors (Lipinski definition) is 3.